The third kappa shape index (κ3) is 5.87. The number of carbonyl (C=O) groups is 1. The van der Waals surface area contributed by atoms with Crippen LogP contribution in [-0.2, 0) is 6.42 Å². The van der Waals surface area contributed by atoms with E-state index in [2.05, 4.69) is 23.0 Å². The van der Waals surface area contributed by atoms with E-state index >= 15 is 0 Å². The number of hydrogen-bond acceptors (Lipinski definition) is 3. The van der Waals surface area contributed by atoms with E-state index in [1.807, 2.05) is 48.2 Å². The molecule has 0 aromatic heterocycles. The number of hydrogen-bond donors (Lipinski definition) is 0. The summed E-state index contributed by atoms with van der Waals surface area (Å²) in [6.45, 7) is 6.76. The van der Waals surface area contributed by atoms with Gasteiger partial charge in [-0.05, 0) is 74.5 Å². The summed E-state index contributed by atoms with van der Waals surface area (Å²) < 4.78 is 5.33. The van der Waals surface area contributed by atoms with Crippen LogP contribution in [0.1, 0.15) is 41.3 Å². The molecule has 2 aromatic carbocycles. The van der Waals surface area contributed by atoms with Gasteiger partial charge in [0, 0.05) is 37.3 Å². The monoisotopic (exact) mass is 404 g/mol. The van der Waals surface area contributed by atoms with Gasteiger partial charge in [0.15, 0.2) is 0 Å². The maximum Gasteiger partial charge on any atom is 0.253 e. The van der Waals surface area contributed by atoms with Crippen LogP contribution in [0, 0.1) is 18.3 Å². The molecule has 0 radical (unpaired) electrons. The van der Waals surface area contributed by atoms with Crippen LogP contribution in [0.15, 0.2) is 48.5 Å². The number of carbonyl (C=O) groups excluding carboxylic acids is 1. The lowest BCUT2D eigenvalue weighted by molar-refractivity contribution is 0.0690. The molecule has 1 heterocycles. The summed E-state index contributed by atoms with van der Waals surface area (Å²) in [4.78, 5) is 17.5. The number of methoxy groups -OCH3 is 1. The van der Waals surface area contributed by atoms with Gasteiger partial charge in [-0.3, -0.25) is 4.79 Å². The minimum absolute atomic E-state index is 0.0723. The van der Waals surface area contributed by atoms with Gasteiger partial charge in [-0.15, -0.1) is 6.42 Å². The molecule has 4 nitrogen and oxygen atoms in total. The zero-order valence-electron chi connectivity index (χ0n) is 18.1. The first-order chi connectivity index (χ1) is 14.6. The highest BCUT2D eigenvalue weighted by atomic mass is 16.5. The second-order valence-corrected chi connectivity index (χ2v) is 7.98. The lowest BCUT2D eigenvalue weighted by atomic mass is 9.96. The second-order valence-electron chi connectivity index (χ2n) is 7.98. The largest absolute Gasteiger partial charge is 0.497 e. The molecule has 2 aromatic rings. The van der Waals surface area contributed by atoms with E-state index in [1.165, 1.54) is 18.4 Å². The van der Waals surface area contributed by atoms with Crippen molar-refractivity contribution in [3.63, 3.8) is 0 Å². The van der Waals surface area contributed by atoms with Gasteiger partial charge in [0.05, 0.1) is 7.11 Å². The van der Waals surface area contributed by atoms with Crippen molar-refractivity contribution in [2.45, 2.75) is 26.2 Å². The van der Waals surface area contributed by atoms with Crippen molar-refractivity contribution in [2.75, 3.05) is 39.8 Å². The fourth-order valence-corrected chi connectivity index (χ4v) is 4.21. The summed E-state index contributed by atoms with van der Waals surface area (Å²) >= 11 is 0. The molecule has 0 unspecified atom stereocenters. The molecule has 1 atom stereocenters. The van der Waals surface area contributed by atoms with E-state index in [-0.39, 0.29) is 5.91 Å². The first-order valence-corrected chi connectivity index (χ1v) is 10.8. The smallest absolute Gasteiger partial charge is 0.253 e. The van der Waals surface area contributed by atoms with Crippen LogP contribution in [0.25, 0.3) is 0 Å². The molecule has 1 fully saturated rings. The van der Waals surface area contributed by atoms with E-state index in [1.54, 1.807) is 7.11 Å². The molecule has 0 aliphatic carbocycles. The summed E-state index contributed by atoms with van der Waals surface area (Å²) in [6, 6.07) is 15.7. The average Bonchev–Trinajstić information content (AvgIpc) is 2.81. The minimum Gasteiger partial charge on any atom is -0.497 e. The van der Waals surface area contributed by atoms with Crippen molar-refractivity contribution >= 4 is 5.91 Å². The Morgan fingerprint density at radius 2 is 2.10 bits per heavy atom. The molecule has 3 rings (SSSR count). The second kappa shape index (κ2) is 10.8. The van der Waals surface area contributed by atoms with Crippen LogP contribution in [0.5, 0.6) is 5.75 Å². The van der Waals surface area contributed by atoms with Crippen LogP contribution in [0.4, 0.5) is 0 Å². The number of benzene rings is 2. The Balaban J connectivity index is 1.56. The van der Waals surface area contributed by atoms with Gasteiger partial charge in [0.2, 0.25) is 0 Å². The Bertz CT molecular complexity index is 887. The summed E-state index contributed by atoms with van der Waals surface area (Å²) in [5.41, 5.74) is 2.73. The van der Waals surface area contributed by atoms with E-state index < -0.39 is 0 Å². The fourth-order valence-electron chi connectivity index (χ4n) is 4.21. The first kappa shape index (κ1) is 21.9. The molecule has 1 aliphatic rings. The first-order valence-electron chi connectivity index (χ1n) is 10.8. The number of amides is 1. The van der Waals surface area contributed by atoms with Crippen molar-refractivity contribution in [1.82, 2.24) is 9.80 Å². The Labute approximate surface area is 180 Å². The van der Waals surface area contributed by atoms with Crippen molar-refractivity contribution in [1.29, 1.82) is 0 Å². The van der Waals surface area contributed by atoms with Crippen LogP contribution in [-0.4, -0.2) is 55.5 Å². The Hall–Kier alpha value is -2.77. The third-order valence-corrected chi connectivity index (χ3v) is 5.88. The number of ether oxygens (including phenoxy) is 1. The normalized spacial score (nSPS) is 16.6. The number of piperidine rings is 1. The van der Waals surface area contributed by atoms with Crippen molar-refractivity contribution in [3.05, 3.63) is 65.2 Å². The van der Waals surface area contributed by atoms with Crippen molar-refractivity contribution < 1.29 is 9.53 Å². The zero-order chi connectivity index (χ0) is 21.3. The molecule has 1 aliphatic heterocycles. The molecule has 1 saturated heterocycles. The number of terminal acetylenes is 1. The standard InChI is InChI=1S/C26H32N2O2/c1-4-21-9-6-12-24(17-21)26(29)28(5-2)20-23-11-8-15-27(19-23)16-14-22-10-7-13-25(18-22)30-3/h1,6-7,9-10,12-13,17-18,23H,5,8,11,14-16,19-20H2,2-3H3/t23-/m1/s1. The lowest BCUT2D eigenvalue weighted by Crippen LogP contribution is -2.43. The molecule has 0 bridgehead atoms. The van der Waals surface area contributed by atoms with Gasteiger partial charge in [-0.2, -0.15) is 0 Å². The molecule has 0 spiro atoms. The third-order valence-electron chi connectivity index (χ3n) is 5.88. The highest BCUT2D eigenvalue weighted by molar-refractivity contribution is 5.94. The van der Waals surface area contributed by atoms with Gasteiger partial charge in [-0.25, -0.2) is 0 Å². The molecular weight excluding hydrogens is 372 g/mol. The fraction of sp³-hybridized carbons (Fsp3) is 0.423. The predicted molar refractivity (Wildman–Crippen MR) is 122 cm³/mol. The highest BCUT2D eigenvalue weighted by Gasteiger charge is 2.24. The Morgan fingerprint density at radius 1 is 1.27 bits per heavy atom. The molecule has 0 N–H and O–H groups in total. The van der Waals surface area contributed by atoms with Crippen LogP contribution in [0.3, 0.4) is 0 Å². The van der Waals surface area contributed by atoms with Crippen molar-refractivity contribution in [2.24, 2.45) is 5.92 Å². The predicted octanol–water partition coefficient (Wildman–Crippen LogP) is 4.09. The van der Waals surface area contributed by atoms with E-state index in [4.69, 9.17) is 11.2 Å². The molecule has 0 saturated carbocycles. The van der Waals surface area contributed by atoms with Gasteiger partial charge < -0.3 is 14.5 Å². The summed E-state index contributed by atoms with van der Waals surface area (Å²) in [5.74, 6) is 4.10. The van der Waals surface area contributed by atoms with E-state index in [9.17, 15) is 4.79 Å². The highest BCUT2D eigenvalue weighted by Crippen LogP contribution is 2.20. The molecule has 30 heavy (non-hydrogen) atoms. The maximum atomic E-state index is 13.0. The van der Waals surface area contributed by atoms with Crippen LogP contribution >= 0.6 is 0 Å². The Morgan fingerprint density at radius 3 is 2.87 bits per heavy atom. The lowest BCUT2D eigenvalue weighted by Gasteiger charge is -2.35. The summed E-state index contributed by atoms with van der Waals surface area (Å²) in [7, 11) is 1.71. The van der Waals surface area contributed by atoms with E-state index in [0.717, 1.165) is 43.9 Å². The van der Waals surface area contributed by atoms with E-state index in [0.29, 0.717) is 18.0 Å². The van der Waals surface area contributed by atoms with Crippen molar-refractivity contribution in [3.8, 4) is 18.1 Å². The summed E-state index contributed by atoms with van der Waals surface area (Å²) in [6.07, 6.45) is 8.86. The molecule has 4 heteroatoms. The van der Waals surface area contributed by atoms with Gasteiger partial charge in [0.25, 0.3) is 5.91 Å². The van der Waals surface area contributed by atoms with Gasteiger partial charge in [-0.1, -0.05) is 24.1 Å². The SMILES string of the molecule is C#Cc1cccc(C(=O)N(CC)C[C@@H]2CCCN(CCc3cccc(OC)c3)C2)c1. The average molecular weight is 405 g/mol. The number of nitrogens with zero attached hydrogens (tertiary/aromatic N) is 2. The number of likely N-dealkylation sites (tertiary alicyclic amines) is 1. The molecule has 1 amide bonds. The zero-order valence-corrected chi connectivity index (χ0v) is 18.1. The van der Waals surface area contributed by atoms with Gasteiger partial charge >= 0.3 is 0 Å². The topological polar surface area (TPSA) is 32.8 Å². The van der Waals surface area contributed by atoms with Crippen LogP contribution < -0.4 is 4.74 Å². The Kier molecular flexibility index (Phi) is 7.93. The molecule has 158 valence electrons. The van der Waals surface area contributed by atoms with Crippen LogP contribution in [0.2, 0.25) is 0 Å². The van der Waals surface area contributed by atoms with Gasteiger partial charge in [0.1, 0.15) is 5.75 Å². The quantitative estimate of drug-likeness (QED) is 0.621. The molecular formula is C26H32N2O2. The maximum absolute atomic E-state index is 13.0. The summed E-state index contributed by atoms with van der Waals surface area (Å²) in [5, 5.41) is 0. The minimum atomic E-state index is 0.0723. The number of rotatable bonds is 8.